The molecule has 6 heteroatoms. The van der Waals surface area contributed by atoms with Crippen LogP contribution in [0.2, 0.25) is 10.0 Å². The Bertz CT molecular complexity index is 843. The fourth-order valence-electron chi connectivity index (χ4n) is 2.34. The molecule has 0 spiro atoms. The Morgan fingerprint density at radius 1 is 1.05 bits per heavy atom. The lowest BCUT2D eigenvalue weighted by Crippen LogP contribution is -2.02. The van der Waals surface area contributed by atoms with Crippen molar-refractivity contribution in [2.75, 3.05) is 0 Å². The largest absolute Gasteiger partial charge is 0.343 e. The van der Waals surface area contributed by atoms with E-state index in [1.165, 1.54) is 12.1 Å². The zero-order valence-electron chi connectivity index (χ0n) is 10.8. The normalized spacial score (nSPS) is 11.0. The Morgan fingerprint density at radius 3 is 2.52 bits per heavy atom. The van der Waals surface area contributed by atoms with Gasteiger partial charge in [-0.25, -0.2) is 0 Å². The molecular weight excluding hydrogens is 311 g/mol. The van der Waals surface area contributed by atoms with Gasteiger partial charge in [0, 0.05) is 27.8 Å². The second-order valence-electron chi connectivity index (χ2n) is 4.68. The van der Waals surface area contributed by atoms with E-state index in [-0.39, 0.29) is 5.69 Å². The molecule has 2 aromatic carbocycles. The molecule has 21 heavy (non-hydrogen) atoms. The number of aromatic nitrogens is 1. The minimum atomic E-state index is -0.398. The van der Waals surface area contributed by atoms with Crippen molar-refractivity contribution >= 4 is 39.8 Å². The van der Waals surface area contributed by atoms with Crippen molar-refractivity contribution in [2.24, 2.45) is 0 Å². The number of halogens is 2. The summed E-state index contributed by atoms with van der Waals surface area (Å²) in [6.07, 6.45) is 1.88. The first-order chi connectivity index (χ1) is 10.0. The first kappa shape index (κ1) is 13.9. The molecule has 0 N–H and O–H groups in total. The molecule has 0 unspecified atom stereocenters. The quantitative estimate of drug-likeness (QED) is 0.508. The molecule has 0 aliphatic rings. The van der Waals surface area contributed by atoms with Crippen LogP contribution in [0.3, 0.4) is 0 Å². The predicted molar refractivity (Wildman–Crippen MR) is 84.2 cm³/mol. The van der Waals surface area contributed by atoms with E-state index in [1.54, 1.807) is 6.07 Å². The van der Waals surface area contributed by atoms with E-state index in [4.69, 9.17) is 23.2 Å². The fraction of sp³-hybridized carbons (Fsp3) is 0.0667. The molecule has 3 aromatic rings. The minimum Gasteiger partial charge on any atom is -0.343 e. The van der Waals surface area contributed by atoms with Crippen molar-refractivity contribution in [2.45, 2.75) is 6.54 Å². The molecule has 0 amide bonds. The van der Waals surface area contributed by atoms with Gasteiger partial charge in [-0.2, -0.15) is 0 Å². The Balaban J connectivity index is 2.08. The highest BCUT2D eigenvalue weighted by Gasteiger charge is 2.15. The summed E-state index contributed by atoms with van der Waals surface area (Å²) in [5, 5.41) is 13.2. The van der Waals surface area contributed by atoms with Gasteiger partial charge in [-0.3, -0.25) is 10.1 Å². The van der Waals surface area contributed by atoms with Crippen molar-refractivity contribution < 1.29 is 4.92 Å². The zero-order valence-corrected chi connectivity index (χ0v) is 12.3. The summed E-state index contributed by atoms with van der Waals surface area (Å²) in [4.78, 5) is 10.7. The molecule has 0 saturated carbocycles. The molecule has 3 rings (SSSR count). The van der Waals surface area contributed by atoms with Crippen molar-refractivity contribution in [1.29, 1.82) is 0 Å². The van der Waals surface area contributed by atoms with Crippen molar-refractivity contribution in [1.82, 2.24) is 4.57 Å². The van der Waals surface area contributed by atoms with Crippen LogP contribution in [-0.2, 0) is 6.54 Å². The van der Waals surface area contributed by atoms with Crippen LogP contribution >= 0.6 is 23.2 Å². The van der Waals surface area contributed by atoms with Gasteiger partial charge >= 0.3 is 0 Å². The molecule has 106 valence electrons. The summed E-state index contributed by atoms with van der Waals surface area (Å²) in [5.41, 5.74) is 1.55. The summed E-state index contributed by atoms with van der Waals surface area (Å²) >= 11 is 12.0. The second kappa shape index (κ2) is 5.39. The average Bonchev–Trinajstić information content (AvgIpc) is 2.81. The van der Waals surface area contributed by atoms with E-state index in [2.05, 4.69) is 0 Å². The lowest BCUT2D eigenvalue weighted by atomic mass is 10.1. The topological polar surface area (TPSA) is 48.1 Å². The van der Waals surface area contributed by atoms with Crippen LogP contribution in [-0.4, -0.2) is 9.49 Å². The minimum absolute atomic E-state index is 0.0586. The lowest BCUT2D eigenvalue weighted by molar-refractivity contribution is -0.385. The van der Waals surface area contributed by atoms with E-state index in [9.17, 15) is 10.1 Å². The summed E-state index contributed by atoms with van der Waals surface area (Å²) < 4.78 is 1.92. The molecule has 0 bridgehead atoms. The summed E-state index contributed by atoms with van der Waals surface area (Å²) in [5.74, 6) is 0. The number of hydrogen-bond donors (Lipinski definition) is 0. The van der Waals surface area contributed by atoms with Crippen LogP contribution in [0, 0.1) is 10.1 Å². The zero-order chi connectivity index (χ0) is 15.0. The molecule has 0 aliphatic heterocycles. The Morgan fingerprint density at radius 2 is 1.76 bits per heavy atom. The van der Waals surface area contributed by atoms with Gasteiger partial charge in [0.2, 0.25) is 0 Å². The van der Waals surface area contributed by atoms with E-state index < -0.39 is 4.92 Å². The van der Waals surface area contributed by atoms with E-state index >= 15 is 0 Å². The Labute approximate surface area is 130 Å². The maximum absolute atomic E-state index is 11.1. The van der Waals surface area contributed by atoms with Crippen molar-refractivity contribution in [3.8, 4) is 0 Å². The average molecular weight is 321 g/mol. The highest BCUT2D eigenvalue weighted by atomic mass is 35.5. The van der Waals surface area contributed by atoms with Gasteiger partial charge in [-0.15, -0.1) is 0 Å². The fourth-order valence-corrected chi connectivity index (χ4v) is 2.70. The monoisotopic (exact) mass is 320 g/mol. The molecule has 1 heterocycles. The van der Waals surface area contributed by atoms with Crippen molar-refractivity contribution in [3.63, 3.8) is 0 Å². The van der Waals surface area contributed by atoms with Gasteiger partial charge in [-0.1, -0.05) is 29.3 Å². The SMILES string of the molecule is O=[N+]([O-])c1ccc(Cl)cc1Cn1ccc2ccc(Cl)cc21. The molecular formula is C15H10Cl2N2O2. The Kier molecular flexibility index (Phi) is 3.57. The van der Waals surface area contributed by atoms with E-state index in [0.29, 0.717) is 22.2 Å². The van der Waals surface area contributed by atoms with Gasteiger partial charge in [0.25, 0.3) is 5.69 Å². The van der Waals surface area contributed by atoms with Crippen molar-refractivity contribution in [3.05, 3.63) is 74.4 Å². The number of benzene rings is 2. The maximum atomic E-state index is 11.1. The molecule has 0 aliphatic carbocycles. The highest BCUT2D eigenvalue weighted by Crippen LogP contribution is 2.26. The molecule has 0 radical (unpaired) electrons. The van der Waals surface area contributed by atoms with Crippen LogP contribution in [0.1, 0.15) is 5.56 Å². The third-order valence-corrected chi connectivity index (χ3v) is 3.79. The number of rotatable bonds is 3. The predicted octanol–water partition coefficient (Wildman–Crippen LogP) is 4.90. The summed E-state index contributed by atoms with van der Waals surface area (Å²) in [6, 6.07) is 12.1. The number of nitro benzene ring substituents is 1. The third kappa shape index (κ3) is 2.73. The van der Waals surface area contributed by atoms with E-state index in [0.717, 1.165) is 10.9 Å². The van der Waals surface area contributed by atoms with Crippen LogP contribution in [0.4, 0.5) is 5.69 Å². The van der Waals surface area contributed by atoms with Gasteiger partial charge in [0.1, 0.15) is 0 Å². The van der Waals surface area contributed by atoms with Crippen LogP contribution in [0.15, 0.2) is 48.7 Å². The van der Waals surface area contributed by atoms with Crippen LogP contribution in [0.5, 0.6) is 0 Å². The maximum Gasteiger partial charge on any atom is 0.274 e. The van der Waals surface area contributed by atoms with E-state index in [1.807, 2.05) is 35.0 Å². The van der Waals surface area contributed by atoms with Crippen LogP contribution < -0.4 is 0 Å². The molecule has 0 fully saturated rings. The first-order valence-electron chi connectivity index (χ1n) is 6.22. The third-order valence-electron chi connectivity index (χ3n) is 3.31. The number of fused-ring (bicyclic) bond motifs is 1. The lowest BCUT2D eigenvalue weighted by Gasteiger charge is -2.07. The van der Waals surface area contributed by atoms with Gasteiger partial charge < -0.3 is 4.57 Å². The molecule has 0 saturated heterocycles. The summed E-state index contributed by atoms with van der Waals surface area (Å²) in [7, 11) is 0. The summed E-state index contributed by atoms with van der Waals surface area (Å²) in [6.45, 7) is 0.362. The molecule has 1 aromatic heterocycles. The smallest absolute Gasteiger partial charge is 0.274 e. The van der Waals surface area contributed by atoms with Gasteiger partial charge in [0.15, 0.2) is 0 Å². The number of nitrogens with zero attached hydrogens (tertiary/aromatic N) is 2. The molecule has 4 nitrogen and oxygen atoms in total. The second-order valence-corrected chi connectivity index (χ2v) is 5.55. The standard InChI is InChI=1S/C15H10Cl2N2O2/c16-12-3-4-14(19(20)21)11(7-12)9-18-6-5-10-1-2-13(17)8-15(10)18/h1-8H,9H2. The number of hydrogen-bond acceptors (Lipinski definition) is 2. The van der Waals surface area contributed by atoms with Crippen LogP contribution in [0.25, 0.3) is 10.9 Å². The highest BCUT2D eigenvalue weighted by molar-refractivity contribution is 6.31. The Hall–Kier alpha value is -2.04. The number of nitro groups is 1. The van der Waals surface area contributed by atoms with Gasteiger partial charge in [0.05, 0.1) is 17.0 Å². The first-order valence-corrected chi connectivity index (χ1v) is 6.97. The molecule has 0 atom stereocenters. The van der Waals surface area contributed by atoms with Gasteiger partial charge in [-0.05, 0) is 35.7 Å².